The first-order valence-electron chi connectivity index (χ1n) is 9.34. The van der Waals surface area contributed by atoms with Gasteiger partial charge in [0.05, 0.1) is 5.69 Å². The number of hydrogen-bond donors (Lipinski definition) is 2. The first kappa shape index (κ1) is 16.9. The molecule has 1 fully saturated rings. The van der Waals surface area contributed by atoms with E-state index >= 15 is 0 Å². The first-order chi connectivity index (χ1) is 12.8. The topological polar surface area (TPSA) is 83.0 Å². The summed E-state index contributed by atoms with van der Waals surface area (Å²) in [5, 5.41) is 6.87. The van der Waals surface area contributed by atoms with Crippen molar-refractivity contribution in [2.24, 2.45) is 0 Å². The molecule has 2 aliphatic rings. The summed E-state index contributed by atoms with van der Waals surface area (Å²) in [6, 6.07) is 3.86. The van der Waals surface area contributed by atoms with Crippen LogP contribution < -0.4 is 10.6 Å². The molecule has 2 aromatic heterocycles. The predicted molar refractivity (Wildman–Crippen MR) is 99.6 cm³/mol. The molecule has 0 saturated carbocycles. The number of pyridine rings is 1. The van der Waals surface area contributed by atoms with E-state index in [9.17, 15) is 4.79 Å². The lowest BCUT2D eigenvalue weighted by molar-refractivity contribution is -0.127. The third kappa shape index (κ3) is 3.67. The smallest absolute Gasteiger partial charge is 0.222 e. The van der Waals surface area contributed by atoms with E-state index in [-0.39, 0.29) is 5.91 Å². The quantitative estimate of drug-likeness (QED) is 0.769. The predicted octanol–water partition coefficient (Wildman–Crippen LogP) is 1.61. The average Bonchev–Trinajstić information content (AvgIpc) is 3.10. The van der Waals surface area contributed by atoms with Gasteiger partial charge in [-0.15, -0.1) is 0 Å². The van der Waals surface area contributed by atoms with Gasteiger partial charge in [0.1, 0.15) is 5.82 Å². The summed E-state index contributed by atoms with van der Waals surface area (Å²) in [4.78, 5) is 27.3. The molecule has 0 bridgehead atoms. The second kappa shape index (κ2) is 7.78. The molecule has 0 spiro atoms. The molecule has 4 heterocycles. The summed E-state index contributed by atoms with van der Waals surface area (Å²) in [5.41, 5.74) is 3.24. The number of anilines is 1. The molecule has 0 aliphatic carbocycles. The van der Waals surface area contributed by atoms with Gasteiger partial charge >= 0.3 is 0 Å². The maximum atomic E-state index is 11.7. The molecule has 26 heavy (non-hydrogen) atoms. The largest absolute Gasteiger partial charge is 0.370 e. The standard InChI is InChI=1S/C19H24N6O/c26-17-3-1-11-25(17)12-2-7-22-19-15-6-10-21-13-16(15)23-18(24-19)14-4-8-20-9-5-14/h4-5,8-9,21H,1-3,6-7,10-13H2,(H,22,23,24). The maximum absolute atomic E-state index is 11.7. The van der Waals surface area contributed by atoms with Gasteiger partial charge in [-0.25, -0.2) is 9.97 Å². The van der Waals surface area contributed by atoms with Crippen LogP contribution in [0.4, 0.5) is 5.82 Å². The SMILES string of the molecule is O=C1CCCN1CCCNc1nc(-c2ccncc2)nc2c1CCNC2. The number of carbonyl (C=O) groups excluding carboxylic acids is 1. The fourth-order valence-corrected chi connectivity index (χ4v) is 3.55. The van der Waals surface area contributed by atoms with E-state index in [1.54, 1.807) is 12.4 Å². The molecule has 0 aromatic carbocycles. The summed E-state index contributed by atoms with van der Waals surface area (Å²) in [5.74, 6) is 1.94. The van der Waals surface area contributed by atoms with Crippen molar-refractivity contribution in [1.29, 1.82) is 0 Å². The second-order valence-corrected chi connectivity index (χ2v) is 6.75. The van der Waals surface area contributed by atoms with Crippen LogP contribution in [0, 0.1) is 0 Å². The summed E-state index contributed by atoms with van der Waals surface area (Å²) >= 11 is 0. The molecule has 1 amide bonds. The van der Waals surface area contributed by atoms with Gasteiger partial charge in [0, 0.05) is 56.1 Å². The van der Waals surface area contributed by atoms with Crippen molar-refractivity contribution in [2.45, 2.75) is 32.2 Å². The Bertz CT molecular complexity index is 779. The number of hydrogen-bond acceptors (Lipinski definition) is 6. The van der Waals surface area contributed by atoms with E-state index < -0.39 is 0 Å². The van der Waals surface area contributed by atoms with Gasteiger partial charge in [-0.3, -0.25) is 9.78 Å². The van der Waals surface area contributed by atoms with Crippen LogP contribution in [-0.2, 0) is 17.8 Å². The van der Waals surface area contributed by atoms with E-state index in [0.29, 0.717) is 6.42 Å². The number of nitrogens with one attached hydrogen (secondary N) is 2. The summed E-state index contributed by atoms with van der Waals surface area (Å²) in [6.45, 7) is 4.24. The molecule has 0 radical (unpaired) electrons. The van der Waals surface area contributed by atoms with Crippen molar-refractivity contribution in [3.63, 3.8) is 0 Å². The summed E-state index contributed by atoms with van der Waals surface area (Å²) < 4.78 is 0. The Labute approximate surface area is 153 Å². The van der Waals surface area contributed by atoms with E-state index in [0.717, 1.165) is 74.9 Å². The number of fused-ring (bicyclic) bond motifs is 1. The zero-order valence-electron chi connectivity index (χ0n) is 14.9. The molecule has 2 aliphatic heterocycles. The van der Waals surface area contributed by atoms with Crippen molar-refractivity contribution in [3.05, 3.63) is 35.8 Å². The van der Waals surface area contributed by atoms with E-state index in [1.165, 1.54) is 5.56 Å². The highest BCUT2D eigenvalue weighted by molar-refractivity contribution is 5.78. The average molecular weight is 352 g/mol. The second-order valence-electron chi connectivity index (χ2n) is 6.75. The first-order valence-corrected chi connectivity index (χ1v) is 9.34. The highest BCUT2D eigenvalue weighted by atomic mass is 16.2. The monoisotopic (exact) mass is 352 g/mol. The Hall–Kier alpha value is -2.54. The van der Waals surface area contributed by atoms with Crippen molar-refractivity contribution in [3.8, 4) is 11.4 Å². The van der Waals surface area contributed by atoms with Gasteiger partial charge in [-0.05, 0) is 37.9 Å². The van der Waals surface area contributed by atoms with Crippen LogP contribution in [-0.4, -0.2) is 51.9 Å². The van der Waals surface area contributed by atoms with Crippen molar-refractivity contribution < 1.29 is 4.79 Å². The van der Waals surface area contributed by atoms with Gasteiger partial charge in [-0.1, -0.05) is 0 Å². The number of rotatable bonds is 6. The number of carbonyl (C=O) groups is 1. The molecule has 136 valence electrons. The zero-order valence-corrected chi connectivity index (χ0v) is 14.9. The van der Waals surface area contributed by atoms with E-state index in [4.69, 9.17) is 9.97 Å². The van der Waals surface area contributed by atoms with Gasteiger partial charge in [0.25, 0.3) is 0 Å². The van der Waals surface area contributed by atoms with Crippen LogP contribution in [0.2, 0.25) is 0 Å². The third-order valence-electron chi connectivity index (χ3n) is 4.94. The van der Waals surface area contributed by atoms with Crippen LogP contribution in [0.5, 0.6) is 0 Å². The number of aromatic nitrogens is 3. The van der Waals surface area contributed by atoms with Crippen LogP contribution >= 0.6 is 0 Å². The van der Waals surface area contributed by atoms with Crippen LogP contribution in [0.3, 0.4) is 0 Å². The Morgan fingerprint density at radius 1 is 1.19 bits per heavy atom. The van der Waals surface area contributed by atoms with Crippen LogP contribution in [0.15, 0.2) is 24.5 Å². The molecule has 4 rings (SSSR count). The molecule has 2 aromatic rings. The molecular weight excluding hydrogens is 328 g/mol. The third-order valence-corrected chi connectivity index (χ3v) is 4.94. The minimum Gasteiger partial charge on any atom is -0.370 e. The molecule has 1 saturated heterocycles. The Balaban J connectivity index is 1.48. The maximum Gasteiger partial charge on any atom is 0.222 e. The molecule has 7 heteroatoms. The van der Waals surface area contributed by atoms with Crippen LogP contribution in [0.25, 0.3) is 11.4 Å². The lowest BCUT2D eigenvalue weighted by Gasteiger charge is -2.21. The highest BCUT2D eigenvalue weighted by Crippen LogP contribution is 2.24. The number of nitrogens with zero attached hydrogens (tertiary/aromatic N) is 4. The van der Waals surface area contributed by atoms with Gasteiger partial charge in [0.2, 0.25) is 5.91 Å². The lowest BCUT2D eigenvalue weighted by atomic mass is 10.1. The van der Waals surface area contributed by atoms with Crippen molar-refractivity contribution in [2.75, 3.05) is 31.5 Å². The Morgan fingerprint density at radius 2 is 2.08 bits per heavy atom. The molecule has 2 N–H and O–H groups in total. The molecule has 0 atom stereocenters. The van der Waals surface area contributed by atoms with Gasteiger partial charge in [0.15, 0.2) is 5.82 Å². The van der Waals surface area contributed by atoms with E-state index in [1.807, 2.05) is 17.0 Å². The summed E-state index contributed by atoms with van der Waals surface area (Å²) in [6.07, 6.45) is 7.07. The van der Waals surface area contributed by atoms with Gasteiger partial charge < -0.3 is 15.5 Å². The normalized spacial score (nSPS) is 16.6. The summed E-state index contributed by atoms with van der Waals surface area (Å²) in [7, 11) is 0. The number of likely N-dealkylation sites (tertiary alicyclic amines) is 1. The fraction of sp³-hybridized carbons (Fsp3) is 0.474. The lowest BCUT2D eigenvalue weighted by Crippen LogP contribution is -2.28. The zero-order chi connectivity index (χ0) is 17.8. The Kier molecular flexibility index (Phi) is 5.06. The fourth-order valence-electron chi connectivity index (χ4n) is 3.55. The van der Waals surface area contributed by atoms with Crippen LogP contribution in [0.1, 0.15) is 30.5 Å². The Morgan fingerprint density at radius 3 is 2.88 bits per heavy atom. The minimum atomic E-state index is 0.287. The van der Waals surface area contributed by atoms with E-state index in [2.05, 4.69) is 15.6 Å². The molecule has 0 unspecified atom stereocenters. The van der Waals surface area contributed by atoms with Crippen molar-refractivity contribution >= 4 is 11.7 Å². The molecular formula is C19H24N6O. The van der Waals surface area contributed by atoms with Crippen molar-refractivity contribution in [1.82, 2.24) is 25.2 Å². The molecule has 7 nitrogen and oxygen atoms in total. The van der Waals surface area contributed by atoms with Gasteiger partial charge in [-0.2, -0.15) is 0 Å². The highest BCUT2D eigenvalue weighted by Gasteiger charge is 2.20. The number of amides is 1. The minimum absolute atomic E-state index is 0.287.